The molecule has 1 aromatic carbocycles. The van der Waals surface area contributed by atoms with Crippen LogP contribution in [0.5, 0.6) is 5.75 Å². The Morgan fingerprint density at radius 3 is 3.04 bits per heavy atom. The molecule has 6 heteroatoms. The number of benzene rings is 1. The predicted molar refractivity (Wildman–Crippen MR) is 92.1 cm³/mol. The molecule has 0 N–H and O–H groups in total. The van der Waals surface area contributed by atoms with E-state index in [0.29, 0.717) is 17.9 Å². The van der Waals surface area contributed by atoms with E-state index < -0.39 is 5.82 Å². The first kappa shape index (κ1) is 17.0. The summed E-state index contributed by atoms with van der Waals surface area (Å²) in [4.78, 5) is 20.6. The molecule has 2 heterocycles. The minimum atomic E-state index is -0.410. The zero-order chi connectivity index (χ0) is 17.1. The Labute approximate surface area is 145 Å². The number of ketones is 1. The molecule has 0 amide bonds. The maximum atomic E-state index is 13.6. The van der Waals surface area contributed by atoms with Crippen LogP contribution in [0, 0.1) is 18.7 Å². The first-order chi connectivity index (χ1) is 11.6. The van der Waals surface area contributed by atoms with Crippen LogP contribution < -0.4 is 4.74 Å². The van der Waals surface area contributed by atoms with Crippen LogP contribution in [0.3, 0.4) is 0 Å². The second-order valence-corrected chi connectivity index (χ2v) is 7.45. The topological polar surface area (TPSA) is 42.4 Å². The Balaban J connectivity index is 1.72. The lowest BCUT2D eigenvalue weighted by molar-refractivity contribution is 0.0809. The summed E-state index contributed by atoms with van der Waals surface area (Å²) in [7, 11) is 1.50. The first-order valence-corrected chi connectivity index (χ1v) is 8.90. The maximum absolute atomic E-state index is 13.6. The fourth-order valence-electron chi connectivity index (χ4n) is 3.20. The van der Waals surface area contributed by atoms with Gasteiger partial charge in [0.2, 0.25) is 0 Å². The quantitative estimate of drug-likeness (QED) is 0.773. The fourth-order valence-corrected chi connectivity index (χ4v) is 4.04. The van der Waals surface area contributed by atoms with Crippen molar-refractivity contribution in [3.8, 4) is 5.75 Å². The monoisotopic (exact) mass is 348 g/mol. The first-order valence-electron chi connectivity index (χ1n) is 8.08. The summed E-state index contributed by atoms with van der Waals surface area (Å²) < 4.78 is 18.8. The van der Waals surface area contributed by atoms with E-state index in [1.807, 2.05) is 13.1 Å². The van der Waals surface area contributed by atoms with Gasteiger partial charge < -0.3 is 4.74 Å². The summed E-state index contributed by atoms with van der Waals surface area (Å²) in [6.45, 7) is 4.47. The largest absolute Gasteiger partial charge is 0.496 e. The van der Waals surface area contributed by atoms with Gasteiger partial charge in [0.05, 0.1) is 17.7 Å². The summed E-state index contributed by atoms with van der Waals surface area (Å²) in [6, 6.07) is 4.12. The van der Waals surface area contributed by atoms with Crippen LogP contribution >= 0.6 is 11.3 Å². The van der Waals surface area contributed by atoms with Gasteiger partial charge in [-0.2, -0.15) is 0 Å². The van der Waals surface area contributed by atoms with Crippen molar-refractivity contribution in [2.24, 2.45) is 5.92 Å². The second-order valence-electron chi connectivity index (χ2n) is 6.13. The molecule has 1 saturated heterocycles. The van der Waals surface area contributed by atoms with E-state index in [4.69, 9.17) is 4.74 Å². The highest BCUT2D eigenvalue weighted by Crippen LogP contribution is 2.28. The molecule has 1 atom stereocenters. The molecule has 2 aromatic rings. The number of aromatic nitrogens is 1. The average Bonchev–Trinajstić information content (AvgIpc) is 2.99. The molecule has 1 fully saturated rings. The minimum Gasteiger partial charge on any atom is -0.496 e. The van der Waals surface area contributed by atoms with E-state index in [9.17, 15) is 9.18 Å². The smallest absolute Gasteiger partial charge is 0.171 e. The Hall–Kier alpha value is -1.79. The number of halogens is 1. The highest BCUT2D eigenvalue weighted by molar-refractivity contribution is 7.11. The molecule has 0 aliphatic carbocycles. The summed E-state index contributed by atoms with van der Waals surface area (Å²) in [5.74, 6) is -0.122. The Morgan fingerprint density at radius 1 is 1.50 bits per heavy atom. The number of hydrogen-bond acceptors (Lipinski definition) is 5. The number of hydrogen-bond donors (Lipinski definition) is 0. The van der Waals surface area contributed by atoms with Gasteiger partial charge in [0.15, 0.2) is 5.78 Å². The molecule has 1 aromatic heterocycles. The fraction of sp³-hybridized carbons (Fsp3) is 0.444. The Bertz CT molecular complexity index is 732. The summed E-state index contributed by atoms with van der Waals surface area (Å²) in [5.41, 5.74) is 0.345. The molecule has 0 bridgehead atoms. The van der Waals surface area contributed by atoms with Crippen molar-refractivity contribution in [1.29, 1.82) is 0 Å². The van der Waals surface area contributed by atoms with Crippen LogP contribution in [0.2, 0.25) is 0 Å². The molecule has 3 rings (SSSR count). The maximum Gasteiger partial charge on any atom is 0.171 e. The molecule has 0 radical (unpaired) electrons. The van der Waals surface area contributed by atoms with Gasteiger partial charge in [-0.3, -0.25) is 9.69 Å². The van der Waals surface area contributed by atoms with Crippen molar-refractivity contribution in [2.75, 3.05) is 20.2 Å². The van der Waals surface area contributed by atoms with Crippen LogP contribution in [0.15, 0.2) is 24.4 Å². The SMILES string of the molecule is COc1ccc(F)cc1C(=O)[C@@H]1CCCN(Cc2cnc(C)s2)C1. The van der Waals surface area contributed by atoms with E-state index in [2.05, 4.69) is 9.88 Å². The van der Waals surface area contributed by atoms with Gasteiger partial charge in [-0.15, -0.1) is 11.3 Å². The Morgan fingerprint density at radius 2 is 2.33 bits per heavy atom. The highest BCUT2D eigenvalue weighted by Gasteiger charge is 2.28. The van der Waals surface area contributed by atoms with Crippen LogP contribution in [0.1, 0.15) is 33.1 Å². The molecule has 0 saturated carbocycles. The predicted octanol–water partition coefficient (Wildman–Crippen LogP) is 3.69. The number of piperidine rings is 1. The molecular weight excluding hydrogens is 327 g/mol. The third-order valence-corrected chi connectivity index (χ3v) is 5.25. The van der Waals surface area contributed by atoms with Gasteiger partial charge >= 0.3 is 0 Å². The van der Waals surface area contributed by atoms with Crippen molar-refractivity contribution < 1.29 is 13.9 Å². The number of aryl methyl sites for hydroxylation is 1. The molecule has 1 aliphatic heterocycles. The summed E-state index contributed by atoms with van der Waals surface area (Å²) in [5, 5.41) is 1.05. The number of thiazole rings is 1. The molecule has 24 heavy (non-hydrogen) atoms. The second kappa shape index (κ2) is 7.40. The van der Waals surface area contributed by atoms with E-state index in [1.54, 1.807) is 11.3 Å². The van der Waals surface area contributed by atoms with Gasteiger partial charge in [0.1, 0.15) is 11.6 Å². The lowest BCUT2D eigenvalue weighted by atomic mass is 9.89. The molecule has 0 unspecified atom stereocenters. The number of Topliss-reactive ketones (excluding diaryl/α,β-unsaturated/α-hetero) is 1. The third kappa shape index (κ3) is 3.82. The lowest BCUT2D eigenvalue weighted by Crippen LogP contribution is -2.38. The number of carbonyl (C=O) groups is 1. The average molecular weight is 348 g/mol. The molecule has 1 aliphatic rings. The van der Waals surface area contributed by atoms with E-state index >= 15 is 0 Å². The molecular formula is C18H21FN2O2S. The Kier molecular flexibility index (Phi) is 5.26. The van der Waals surface area contributed by atoms with Gasteiger partial charge in [0.25, 0.3) is 0 Å². The van der Waals surface area contributed by atoms with Gasteiger partial charge in [-0.1, -0.05) is 0 Å². The van der Waals surface area contributed by atoms with Crippen LogP contribution in [-0.2, 0) is 6.54 Å². The van der Waals surface area contributed by atoms with Crippen molar-refractivity contribution >= 4 is 17.1 Å². The third-order valence-electron chi connectivity index (χ3n) is 4.35. The number of methoxy groups -OCH3 is 1. The zero-order valence-corrected chi connectivity index (χ0v) is 14.7. The lowest BCUT2D eigenvalue weighted by Gasteiger charge is -2.31. The molecule has 128 valence electrons. The van der Waals surface area contributed by atoms with Crippen molar-refractivity contribution in [3.63, 3.8) is 0 Å². The van der Waals surface area contributed by atoms with E-state index in [-0.39, 0.29) is 11.7 Å². The highest BCUT2D eigenvalue weighted by atomic mass is 32.1. The van der Waals surface area contributed by atoms with Crippen LogP contribution in [-0.4, -0.2) is 35.9 Å². The van der Waals surface area contributed by atoms with Crippen LogP contribution in [0.25, 0.3) is 0 Å². The molecule has 0 spiro atoms. The summed E-state index contributed by atoms with van der Waals surface area (Å²) >= 11 is 1.69. The summed E-state index contributed by atoms with van der Waals surface area (Å²) in [6.07, 6.45) is 3.70. The van der Waals surface area contributed by atoms with E-state index in [0.717, 1.165) is 30.9 Å². The zero-order valence-electron chi connectivity index (χ0n) is 13.9. The van der Waals surface area contributed by atoms with Crippen molar-refractivity contribution in [3.05, 3.63) is 45.7 Å². The number of ether oxygens (including phenoxy) is 1. The minimum absolute atomic E-state index is 0.0310. The normalized spacial score (nSPS) is 18.5. The van der Waals surface area contributed by atoms with Crippen molar-refractivity contribution in [1.82, 2.24) is 9.88 Å². The van der Waals surface area contributed by atoms with Gasteiger partial charge in [0, 0.05) is 30.1 Å². The van der Waals surface area contributed by atoms with Crippen LogP contribution in [0.4, 0.5) is 4.39 Å². The van der Waals surface area contributed by atoms with Gasteiger partial charge in [-0.25, -0.2) is 9.37 Å². The number of rotatable bonds is 5. The standard InChI is InChI=1S/C18H21FN2O2S/c1-12-20-9-15(24-12)11-21-7-3-4-13(10-21)18(22)16-8-14(19)5-6-17(16)23-2/h5-6,8-9,13H,3-4,7,10-11H2,1-2H3/t13-/m1/s1. The van der Waals surface area contributed by atoms with Gasteiger partial charge in [-0.05, 0) is 44.5 Å². The van der Waals surface area contributed by atoms with Crippen molar-refractivity contribution in [2.45, 2.75) is 26.3 Å². The molecule has 4 nitrogen and oxygen atoms in total. The number of likely N-dealkylation sites (tertiary alicyclic amines) is 1. The number of nitrogens with zero attached hydrogens (tertiary/aromatic N) is 2. The van der Waals surface area contributed by atoms with E-state index in [1.165, 1.54) is 30.2 Å². The number of carbonyl (C=O) groups excluding carboxylic acids is 1.